The van der Waals surface area contributed by atoms with Gasteiger partial charge in [-0.2, -0.15) is 24.9 Å². The van der Waals surface area contributed by atoms with E-state index in [0.29, 0.717) is 5.92 Å². The molecule has 1 aliphatic heterocycles. The number of ether oxygens (including phenoxy) is 2. The fourth-order valence-electron chi connectivity index (χ4n) is 5.14. The normalized spacial score (nSPS) is 17.9. The lowest BCUT2D eigenvalue weighted by Crippen LogP contribution is -2.37. The number of carbonyl (C=O) groups excluding carboxylic acids is 2. The lowest BCUT2D eigenvalue weighted by Gasteiger charge is -2.27. The number of thioether (sulfide) groups is 1. The van der Waals surface area contributed by atoms with Gasteiger partial charge in [-0.1, -0.05) is 57.5 Å². The number of pyridine rings is 1. The van der Waals surface area contributed by atoms with Crippen molar-refractivity contribution in [2.24, 2.45) is 5.92 Å². The van der Waals surface area contributed by atoms with Crippen LogP contribution in [-0.4, -0.2) is 40.3 Å². The molecule has 1 aromatic heterocycles. The van der Waals surface area contributed by atoms with Gasteiger partial charge in [0.25, 0.3) is 5.91 Å². The monoisotopic (exact) mass is 690 g/mol. The number of nitrogens with one attached hydrogen (secondary N) is 1. The Hall–Kier alpha value is -3.60. The SMILES string of the molecule is CC(=O)c1cc(F)cnc1OC1CCSCC1.CC1CCC(NC(=O)c2cc(C(F)(F)F)ccc2OCc2ccccc2)CC1.CCC. The summed E-state index contributed by atoms with van der Waals surface area (Å²) in [4.78, 5) is 28.0. The van der Waals surface area contributed by atoms with Crippen LogP contribution >= 0.6 is 11.8 Å². The van der Waals surface area contributed by atoms with Gasteiger partial charge in [0.2, 0.25) is 5.88 Å². The largest absolute Gasteiger partial charge is 0.488 e. The molecule has 2 heterocycles. The number of amides is 1. The fraction of sp³-hybridized carbons (Fsp3) is 0.486. The molecule has 6 nitrogen and oxygen atoms in total. The van der Waals surface area contributed by atoms with Crippen LogP contribution in [0.25, 0.3) is 0 Å². The van der Waals surface area contributed by atoms with Crippen LogP contribution in [0.15, 0.2) is 60.8 Å². The predicted molar refractivity (Wildman–Crippen MR) is 182 cm³/mol. The number of hydrogen-bond acceptors (Lipinski definition) is 6. The molecule has 2 fully saturated rings. The van der Waals surface area contributed by atoms with Gasteiger partial charge in [-0.25, -0.2) is 9.37 Å². The molecular weight excluding hydrogens is 644 g/mol. The number of aromatic nitrogens is 1. The van der Waals surface area contributed by atoms with E-state index >= 15 is 0 Å². The molecule has 0 radical (unpaired) electrons. The van der Waals surface area contributed by atoms with Gasteiger partial charge in [0.15, 0.2) is 5.78 Å². The first kappa shape index (κ1) is 38.8. The molecule has 1 saturated carbocycles. The van der Waals surface area contributed by atoms with Crippen molar-refractivity contribution in [2.75, 3.05) is 11.5 Å². The van der Waals surface area contributed by atoms with E-state index in [2.05, 4.69) is 31.1 Å². The number of Topliss-reactive ketones (excluding diaryl/α,β-unsaturated/α-hetero) is 1. The van der Waals surface area contributed by atoms with Gasteiger partial charge in [-0.05, 0) is 92.7 Å². The maximum Gasteiger partial charge on any atom is 0.416 e. The highest BCUT2D eigenvalue weighted by atomic mass is 32.2. The van der Waals surface area contributed by atoms with Crippen LogP contribution in [0.3, 0.4) is 0 Å². The quantitative estimate of drug-likeness (QED) is 0.187. The molecule has 1 saturated heterocycles. The van der Waals surface area contributed by atoms with Crippen molar-refractivity contribution in [1.29, 1.82) is 0 Å². The minimum absolute atomic E-state index is 0.0137. The van der Waals surface area contributed by atoms with E-state index in [1.54, 1.807) is 0 Å². The van der Waals surface area contributed by atoms with Crippen LogP contribution in [0, 0.1) is 11.7 Å². The molecule has 0 bridgehead atoms. The molecule has 11 heteroatoms. The van der Waals surface area contributed by atoms with E-state index in [1.165, 1.54) is 25.5 Å². The summed E-state index contributed by atoms with van der Waals surface area (Å²) >= 11 is 1.89. The lowest BCUT2D eigenvalue weighted by atomic mass is 9.87. The highest BCUT2D eigenvalue weighted by Gasteiger charge is 2.32. The third-order valence-electron chi connectivity index (χ3n) is 7.78. The number of halogens is 4. The number of rotatable bonds is 8. The van der Waals surface area contributed by atoms with E-state index in [-0.39, 0.29) is 47.3 Å². The maximum atomic E-state index is 13.1. The first-order valence-corrected chi connectivity index (χ1v) is 17.7. The molecule has 262 valence electrons. The van der Waals surface area contributed by atoms with Crippen molar-refractivity contribution in [3.05, 3.63) is 88.9 Å². The van der Waals surface area contributed by atoms with Crippen LogP contribution in [0.5, 0.6) is 11.6 Å². The smallest absolute Gasteiger partial charge is 0.416 e. The Morgan fingerprint density at radius 1 is 0.938 bits per heavy atom. The zero-order chi connectivity index (χ0) is 35.1. The molecular formula is C37H46F4N2O4S. The van der Waals surface area contributed by atoms with Gasteiger partial charge >= 0.3 is 6.18 Å². The number of benzene rings is 2. The molecule has 1 N–H and O–H groups in total. The zero-order valence-corrected chi connectivity index (χ0v) is 28.9. The standard InChI is InChI=1S/C22H24F3NO2.C12H14FNO2S.C3H8/c1-15-7-10-18(11-8-15)26-21(27)19-13-17(22(23,24)25)9-12-20(19)28-14-16-5-3-2-4-6-16;1-8(15)11-6-9(13)7-14-12(11)16-10-2-4-17-5-3-10;1-3-2/h2-6,9,12-13,15,18H,7-8,10-11,14H2,1H3,(H,26,27);6-7,10H,2-5H2,1H3;3H2,1-2H3. The molecule has 0 unspecified atom stereocenters. The Morgan fingerprint density at radius 2 is 1.58 bits per heavy atom. The summed E-state index contributed by atoms with van der Waals surface area (Å²) in [7, 11) is 0. The summed E-state index contributed by atoms with van der Waals surface area (Å²) in [6.07, 6.45) is 3.48. The predicted octanol–water partition coefficient (Wildman–Crippen LogP) is 9.71. The highest BCUT2D eigenvalue weighted by molar-refractivity contribution is 7.99. The van der Waals surface area contributed by atoms with Crippen molar-refractivity contribution < 1.29 is 36.6 Å². The third-order valence-corrected chi connectivity index (χ3v) is 8.83. The van der Waals surface area contributed by atoms with E-state index in [4.69, 9.17) is 9.47 Å². The van der Waals surface area contributed by atoms with Crippen LogP contribution in [-0.2, 0) is 12.8 Å². The van der Waals surface area contributed by atoms with Crippen LogP contribution in [0.2, 0.25) is 0 Å². The van der Waals surface area contributed by atoms with Gasteiger partial charge < -0.3 is 14.8 Å². The molecule has 2 aliphatic rings. The summed E-state index contributed by atoms with van der Waals surface area (Å²) in [5, 5.41) is 2.89. The zero-order valence-electron chi connectivity index (χ0n) is 28.1. The molecule has 0 spiro atoms. The summed E-state index contributed by atoms with van der Waals surface area (Å²) in [5.41, 5.74) is 0.157. The first-order valence-electron chi connectivity index (χ1n) is 16.5. The second kappa shape index (κ2) is 19.4. The van der Waals surface area contributed by atoms with E-state index in [9.17, 15) is 27.2 Å². The van der Waals surface area contributed by atoms with Crippen molar-refractivity contribution in [1.82, 2.24) is 10.3 Å². The van der Waals surface area contributed by atoms with Crippen molar-refractivity contribution in [3.8, 4) is 11.6 Å². The van der Waals surface area contributed by atoms with Gasteiger partial charge in [0, 0.05) is 6.04 Å². The number of hydrogen-bond donors (Lipinski definition) is 1. The van der Waals surface area contributed by atoms with E-state index in [0.717, 1.165) is 73.9 Å². The molecule has 5 rings (SSSR count). The first-order chi connectivity index (χ1) is 22.9. The second-order valence-corrected chi connectivity index (χ2v) is 13.3. The average molecular weight is 691 g/mol. The Balaban J connectivity index is 0.000000266. The van der Waals surface area contributed by atoms with Crippen molar-refractivity contribution in [2.45, 2.75) is 97.6 Å². The number of nitrogens with zero attached hydrogens (tertiary/aromatic N) is 1. The van der Waals surface area contributed by atoms with Gasteiger partial charge in [-0.3, -0.25) is 9.59 Å². The summed E-state index contributed by atoms with van der Waals surface area (Å²) in [6.45, 7) is 7.98. The Bertz CT molecular complexity index is 1440. The Labute approximate surface area is 285 Å². The van der Waals surface area contributed by atoms with Crippen molar-refractivity contribution in [3.63, 3.8) is 0 Å². The van der Waals surface area contributed by atoms with E-state index < -0.39 is 23.5 Å². The second-order valence-electron chi connectivity index (χ2n) is 12.1. The molecule has 0 atom stereocenters. The number of carbonyl (C=O) groups is 2. The topological polar surface area (TPSA) is 77.5 Å². The minimum atomic E-state index is -4.52. The molecule has 2 aromatic carbocycles. The third kappa shape index (κ3) is 12.8. The summed E-state index contributed by atoms with van der Waals surface area (Å²) in [6, 6.07) is 13.5. The summed E-state index contributed by atoms with van der Waals surface area (Å²) in [5.74, 6) is 1.89. The minimum Gasteiger partial charge on any atom is -0.488 e. The van der Waals surface area contributed by atoms with Crippen LogP contribution < -0.4 is 14.8 Å². The van der Waals surface area contributed by atoms with Crippen LogP contribution in [0.1, 0.15) is 104 Å². The molecule has 1 aliphatic carbocycles. The number of ketones is 1. The number of alkyl halides is 3. The Morgan fingerprint density at radius 3 is 2.19 bits per heavy atom. The van der Waals surface area contributed by atoms with Gasteiger partial charge in [0.05, 0.1) is 22.9 Å². The van der Waals surface area contributed by atoms with Gasteiger partial charge in [0.1, 0.15) is 24.3 Å². The fourth-order valence-corrected chi connectivity index (χ4v) is 6.20. The molecule has 48 heavy (non-hydrogen) atoms. The lowest BCUT2D eigenvalue weighted by molar-refractivity contribution is -0.137. The summed E-state index contributed by atoms with van der Waals surface area (Å²) < 4.78 is 63.8. The van der Waals surface area contributed by atoms with Crippen molar-refractivity contribution >= 4 is 23.5 Å². The molecule has 1 amide bonds. The van der Waals surface area contributed by atoms with Crippen LogP contribution in [0.4, 0.5) is 17.6 Å². The Kier molecular flexibility index (Phi) is 15.7. The van der Waals surface area contributed by atoms with Gasteiger partial charge in [-0.15, -0.1) is 0 Å². The van der Waals surface area contributed by atoms with E-state index in [1.807, 2.05) is 42.1 Å². The maximum absolute atomic E-state index is 13.1. The molecule has 3 aromatic rings. The average Bonchev–Trinajstić information content (AvgIpc) is 3.06. The highest BCUT2D eigenvalue weighted by Crippen LogP contribution is 2.33.